The fourth-order valence-corrected chi connectivity index (χ4v) is 2.43. The molecule has 2 rings (SSSR count). The van der Waals surface area contributed by atoms with Crippen LogP contribution in [0.2, 0.25) is 0 Å². The summed E-state index contributed by atoms with van der Waals surface area (Å²) < 4.78 is 0. The highest BCUT2D eigenvalue weighted by Gasteiger charge is 2.07. The van der Waals surface area contributed by atoms with E-state index in [4.69, 9.17) is 0 Å². The van der Waals surface area contributed by atoms with E-state index in [9.17, 15) is 14.4 Å². The van der Waals surface area contributed by atoms with Gasteiger partial charge in [-0.15, -0.1) is 0 Å². The van der Waals surface area contributed by atoms with Crippen molar-refractivity contribution >= 4 is 40.5 Å². The molecule has 4 N–H and O–H groups in total. The molecule has 0 aliphatic carbocycles. The molecule has 0 bridgehead atoms. The van der Waals surface area contributed by atoms with Crippen molar-refractivity contribution < 1.29 is 14.4 Å². The first-order valence-corrected chi connectivity index (χ1v) is 9.72. The van der Waals surface area contributed by atoms with Crippen LogP contribution in [0.5, 0.6) is 0 Å². The Bertz CT molecular complexity index is 830. The van der Waals surface area contributed by atoms with Crippen molar-refractivity contribution in [1.82, 2.24) is 0 Å². The van der Waals surface area contributed by atoms with E-state index < -0.39 is 0 Å². The van der Waals surface area contributed by atoms with Gasteiger partial charge in [0.05, 0.1) is 6.54 Å². The maximum absolute atomic E-state index is 12.1. The fraction of sp³-hybridized carbons (Fsp3) is 0.318. The lowest BCUT2D eigenvalue weighted by molar-refractivity contribution is -0.119. The lowest BCUT2D eigenvalue weighted by Gasteiger charge is -2.11. The molecular formula is C22H28N4O3. The maximum atomic E-state index is 12.1. The topological polar surface area (TPSA) is 99.3 Å². The van der Waals surface area contributed by atoms with Crippen molar-refractivity contribution in [1.29, 1.82) is 0 Å². The first-order chi connectivity index (χ1) is 13.9. The molecule has 0 spiro atoms. The Labute approximate surface area is 171 Å². The van der Waals surface area contributed by atoms with Gasteiger partial charge >= 0.3 is 0 Å². The summed E-state index contributed by atoms with van der Waals surface area (Å²) in [5.74, 6) is -0.340. The third-order valence-electron chi connectivity index (χ3n) is 4.06. The van der Waals surface area contributed by atoms with Crippen LogP contribution >= 0.6 is 0 Å². The highest BCUT2D eigenvalue weighted by molar-refractivity contribution is 5.95. The normalized spacial score (nSPS) is 10.3. The van der Waals surface area contributed by atoms with Gasteiger partial charge in [-0.25, -0.2) is 0 Å². The van der Waals surface area contributed by atoms with Gasteiger partial charge in [0, 0.05) is 35.1 Å². The summed E-state index contributed by atoms with van der Waals surface area (Å²) >= 11 is 0. The van der Waals surface area contributed by atoms with Gasteiger partial charge in [0.15, 0.2) is 0 Å². The number of carbonyl (C=O) groups excluding carboxylic acids is 3. The molecular weight excluding hydrogens is 368 g/mol. The minimum absolute atomic E-state index is 0.0247. The molecule has 0 fully saturated rings. The van der Waals surface area contributed by atoms with Gasteiger partial charge in [0.1, 0.15) is 0 Å². The van der Waals surface area contributed by atoms with Crippen LogP contribution in [-0.2, 0) is 14.4 Å². The van der Waals surface area contributed by atoms with E-state index in [2.05, 4.69) is 21.3 Å². The molecule has 0 radical (unpaired) electrons. The fourth-order valence-electron chi connectivity index (χ4n) is 2.43. The Morgan fingerprint density at radius 2 is 1.17 bits per heavy atom. The third-order valence-corrected chi connectivity index (χ3v) is 4.06. The second-order valence-electron chi connectivity index (χ2n) is 7.00. The van der Waals surface area contributed by atoms with Crippen LogP contribution in [-0.4, -0.2) is 24.3 Å². The zero-order valence-electron chi connectivity index (χ0n) is 17.0. The van der Waals surface area contributed by atoms with E-state index >= 15 is 0 Å². The van der Waals surface area contributed by atoms with E-state index in [1.807, 2.05) is 20.8 Å². The number of anilines is 4. The number of hydrogen-bond acceptors (Lipinski definition) is 4. The summed E-state index contributed by atoms with van der Waals surface area (Å²) in [4.78, 5) is 35.4. The molecule has 29 heavy (non-hydrogen) atoms. The van der Waals surface area contributed by atoms with Crippen LogP contribution in [0.3, 0.4) is 0 Å². The molecule has 2 aromatic rings. The monoisotopic (exact) mass is 396 g/mol. The highest BCUT2D eigenvalue weighted by atomic mass is 16.2. The SMILES string of the molecule is CCCC(=O)Nc1ccc(NC(=O)CNc2ccc(NC(=O)C(C)C)cc2)cc1. The van der Waals surface area contributed by atoms with Crippen molar-refractivity contribution in [3.8, 4) is 0 Å². The summed E-state index contributed by atoms with van der Waals surface area (Å²) in [6.07, 6.45) is 1.28. The molecule has 0 saturated heterocycles. The van der Waals surface area contributed by atoms with Crippen molar-refractivity contribution in [2.24, 2.45) is 5.92 Å². The number of rotatable bonds is 9. The highest BCUT2D eigenvalue weighted by Crippen LogP contribution is 2.16. The standard InChI is InChI=1S/C22H28N4O3/c1-4-5-20(27)24-17-10-12-18(13-11-17)25-21(28)14-23-16-6-8-19(9-7-16)26-22(29)15(2)3/h6-13,15,23H,4-5,14H2,1-3H3,(H,24,27)(H,25,28)(H,26,29). The van der Waals surface area contributed by atoms with Crippen LogP contribution in [0.4, 0.5) is 22.7 Å². The van der Waals surface area contributed by atoms with Crippen LogP contribution < -0.4 is 21.3 Å². The Kier molecular flexibility index (Phi) is 8.21. The average Bonchev–Trinajstić information content (AvgIpc) is 2.69. The minimum atomic E-state index is -0.190. The van der Waals surface area contributed by atoms with Gasteiger partial charge < -0.3 is 21.3 Å². The van der Waals surface area contributed by atoms with Crippen molar-refractivity contribution in [3.63, 3.8) is 0 Å². The molecule has 0 aliphatic heterocycles. The lowest BCUT2D eigenvalue weighted by atomic mass is 10.2. The Morgan fingerprint density at radius 1 is 0.724 bits per heavy atom. The molecule has 0 aromatic heterocycles. The Balaban J connectivity index is 1.79. The minimum Gasteiger partial charge on any atom is -0.376 e. The zero-order chi connectivity index (χ0) is 21.2. The first kappa shape index (κ1) is 21.9. The van der Waals surface area contributed by atoms with E-state index in [-0.39, 0.29) is 30.2 Å². The van der Waals surface area contributed by atoms with Crippen LogP contribution in [0.25, 0.3) is 0 Å². The largest absolute Gasteiger partial charge is 0.376 e. The number of benzene rings is 2. The van der Waals surface area contributed by atoms with Crippen molar-refractivity contribution in [3.05, 3.63) is 48.5 Å². The van der Waals surface area contributed by atoms with Gasteiger partial charge in [0.25, 0.3) is 0 Å². The van der Waals surface area contributed by atoms with Gasteiger partial charge in [-0.05, 0) is 55.0 Å². The van der Waals surface area contributed by atoms with E-state index in [1.54, 1.807) is 48.5 Å². The number of amides is 3. The summed E-state index contributed by atoms with van der Waals surface area (Å²) in [5.41, 5.74) is 2.84. The molecule has 0 aliphatic rings. The summed E-state index contributed by atoms with van der Waals surface area (Å²) in [6, 6.07) is 14.2. The Morgan fingerprint density at radius 3 is 1.66 bits per heavy atom. The molecule has 0 atom stereocenters. The molecule has 2 aromatic carbocycles. The number of carbonyl (C=O) groups is 3. The molecule has 7 heteroatoms. The molecule has 0 saturated carbocycles. The quantitative estimate of drug-likeness (QED) is 0.513. The van der Waals surface area contributed by atoms with Gasteiger partial charge in [-0.2, -0.15) is 0 Å². The molecule has 3 amide bonds. The third kappa shape index (κ3) is 7.65. The number of hydrogen-bond donors (Lipinski definition) is 4. The number of nitrogens with one attached hydrogen (secondary N) is 4. The van der Waals surface area contributed by atoms with Crippen molar-refractivity contribution in [2.45, 2.75) is 33.6 Å². The predicted molar refractivity (Wildman–Crippen MR) is 117 cm³/mol. The lowest BCUT2D eigenvalue weighted by Crippen LogP contribution is -2.21. The van der Waals surface area contributed by atoms with Gasteiger partial charge in [-0.1, -0.05) is 20.8 Å². The summed E-state index contributed by atoms with van der Waals surface area (Å²) in [6.45, 7) is 5.72. The van der Waals surface area contributed by atoms with E-state index in [0.29, 0.717) is 23.5 Å². The second kappa shape index (κ2) is 10.8. The maximum Gasteiger partial charge on any atom is 0.243 e. The first-order valence-electron chi connectivity index (χ1n) is 9.72. The van der Waals surface area contributed by atoms with E-state index in [1.165, 1.54) is 0 Å². The van der Waals surface area contributed by atoms with Gasteiger partial charge in [0.2, 0.25) is 17.7 Å². The van der Waals surface area contributed by atoms with Crippen LogP contribution in [0.15, 0.2) is 48.5 Å². The summed E-state index contributed by atoms with van der Waals surface area (Å²) in [5, 5.41) is 11.5. The molecule has 7 nitrogen and oxygen atoms in total. The smallest absolute Gasteiger partial charge is 0.243 e. The van der Waals surface area contributed by atoms with Crippen LogP contribution in [0, 0.1) is 5.92 Å². The average molecular weight is 396 g/mol. The molecule has 0 unspecified atom stereocenters. The van der Waals surface area contributed by atoms with Crippen molar-refractivity contribution in [2.75, 3.05) is 27.8 Å². The van der Waals surface area contributed by atoms with Crippen LogP contribution in [0.1, 0.15) is 33.6 Å². The second-order valence-corrected chi connectivity index (χ2v) is 7.00. The molecule has 0 heterocycles. The molecule has 154 valence electrons. The predicted octanol–water partition coefficient (Wildman–Crippen LogP) is 4.07. The zero-order valence-corrected chi connectivity index (χ0v) is 17.0. The van der Waals surface area contributed by atoms with E-state index in [0.717, 1.165) is 12.1 Å². The Hall–Kier alpha value is -3.35. The summed E-state index contributed by atoms with van der Waals surface area (Å²) in [7, 11) is 0. The van der Waals surface area contributed by atoms with Gasteiger partial charge in [-0.3, -0.25) is 14.4 Å².